The van der Waals surface area contributed by atoms with Crippen LogP contribution in [0.15, 0.2) is 6.20 Å². The third-order valence-corrected chi connectivity index (χ3v) is 7.63. The number of rotatable bonds is 3. The Morgan fingerprint density at radius 1 is 1.47 bits per heavy atom. The molecule has 0 radical (unpaired) electrons. The molecule has 0 saturated carbocycles. The van der Waals surface area contributed by atoms with Crippen molar-refractivity contribution in [1.29, 1.82) is 0 Å². The molecule has 0 aliphatic heterocycles. The molecule has 0 bridgehead atoms. The van der Waals surface area contributed by atoms with Crippen LogP contribution in [0.1, 0.15) is 26.3 Å². The minimum absolute atomic E-state index is 0.228. The van der Waals surface area contributed by atoms with Gasteiger partial charge in [-0.2, -0.15) is 5.10 Å². The first-order valence-corrected chi connectivity index (χ1v) is 8.07. The van der Waals surface area contributed by atoms with Crippen molar-refractivity contribution in [1.82, 2.24) is 10.2 Å². The van der Waals surface area contributed by atoms with Gasteiger partial charge in [0.15, 0.2) is 14.1 Å². The van der Waals surface area contributed by atoms with Gasteiger partial charge in [0.1, 0.15) is 0 Å². The second kappa shape index (κ2) is 3.98. The van der Waals surface area contributed by atoms with E-state index in [2.05, 4.69) is 44.1 Å². The maximum Gasteiger partial charge on any atom is 0.192 e. The summed E-state index contributed by atoms with van der Waals surface area (Å²) in [5.74, 6) is 0.536. The minimum atomic E-state index is -1.68. The molecule has 0 aliphatic rings. The van der Waals surface area contributed by atoms with Crippen molar-refractivity contribution in [2.24, 2.45) is 0 Å². The first-order valence-electron chi connectivity index (χ1n) is 5.16. The van der Waals surface area contributed by atoms with Gasteiger partial charge in [0, 0.05) is 11.8 Å². The van der Waals surface area contributed by atoms with Crippen LogP contribution in [0, 0.1) is 0 Å². The molecule has 1 heterocycles. The van der Waals surface area contributed by atoms with Crippen molar-refractivity contribution in [2.75, 3.05) is 5.73 Å². The second-order valence-electron chi connectivity index (χ2n) is 5.34. The van der Waals surface area contributed by atoms with Crippen LogP contribution < -0.4 is 5.73 Å². The predicted octanol–water partition coefficient (Wildman–Crippen LogP) is 2.51. The lowest BCUT2D eigenvalue weighted by Crippen LogP contribution is -2.40. The van der Waals surface area contributed by atoms with Gasteiger partial charge in [0.25, 0.3) is 0 Å². The van der Waals surface area contributed by atoms with Crippen molar-refractivity contribution < 1.29 is 4.43 Å². The Balaban J connectivity index is 2.61. The highest BCUT2D eigenvalue weighted by Crippen LogP contribution is 2.37. The molecule has 0 atom stereocenters. The Hall–Kier alpha value is -0.813. The van der Waals surface area contributed by atoms with Gasteiger partial charge in [-0.1, -0.05) is 20.8 Å². The molecule has 3 N–H and O–H groups in total. The molecule has 0 aromatic carbocycles. The predicted molar refractivity (Wildman–Crippen MR) is 65.0 cm³/mol. The smallest absolute Gasteiger partial charge is 0.192 e. The fraction of sp³-hybridized carbons (Fsp3) is 0.700. The molecule has 4 nitrogen and oxygen atoms in total. The summed E-state index contributed by atoms with van der Waals surface area (Å²) in [6, 6.07) is 0. The maximum absolute atomic E-state index is 6.02. The summed E-state index contributed by atoms with van der Waals surface area (Å²) in [5.41, 5.74) is 6.62. The molecule has 0 unspecified atom stereocenters. The first kappa shape index (κ1) is 12.3. The summed E-state index contributed by atoms with van der Waals surface area (Å²) in [4.78, 5) is 0. The average Bonchev–Trinajstić information content (AvgIpc) is 2.46. The van der Waals surface area contributed by atoms with Crippen LogP contribution in [0.3, 0.4) is 0 Å². The molecule has 15 heavy (non-hydrogen) atoms. The topological polar surface area (TPSA) is 63.9 Å². The molecule has 86 valence electrons. The van der Waals surface area contributed by atoms with Crippen LogP contribution >= 0.6 is 0 Å². The Labute approximate surface area is 92.3 Å². The number of hydrogen-bond acceptors (Lipinski definition) is 3. The molecule has 1 rings (SSSR count). The van der Waals surface area contributed by atoms with Gasteiger partial charge in [0.2, 0.25) is 0 Å². The largest absolute Gasteiger partial charge is 0.412 e. The molecule has 0 aliphatic carbocycles. The molecule has 0 fully saturated rings. The Morgan fingerprint density at radius 3 is 2.47 bits per heavy atom. The lowest BCUT2D eigenvalue weighted by molar-refractivity contribution is 0.277. The fourth-order valence-corrected chi connectivity index (χ4v) is 1.87. The first-order chi connectivity index (χ1) is 6.74. The van der Waals surface area contributed by atoms with E-state index in [0.717, 1.165) is 5.56 Å². The Morgan fingerprint density at radius 2 is 2.07 bits per heavy atom. The van der Waals surface area contributed by atoms with E-state index in [0.29, 0.717) is 12.4 Å². The van der Waals surface area contributed by atoms with Crippen molar-refractivity contribution >= 4 is 14.1 Å². The summed E-state index contributed by atoms with van der Waals surface area (Å²) < 4.78 is 6.02. The van der Waals surface area contributed by atoms with E-state index in [-0.39, 0.29) is 5.04 Å². The number of nitrogens with one attached hydrogen (secondary N) is 1. The van der Waals surface area contributed by atoms with Crippen LogP contribution in [-0.2, 0) is 11.0 Å². The highest BCUT2D eigenvalue weighted by Gasteiger charge is 2.37. The van der Waals surface area contributed by atoms with Crippen LogP contribution in [-0.4, -0.2) is 18.5 Å². The van der Waals surface area contributed by atoms with Gasteiger partial charge in [0.05, 0.1) is 6.61 Å². The quantitative estimate of drug-likeness (QED) is 0.780. The Bertz CT molecular complexity index is 328. The lowest BCUT2D eigenvalue weighted by Gasteiger charge is -2.36. The average molecular weight is 227 g/mol. The van der Waals surface area contributed by atoms with E-state index in [1.54, 1.807) is 6.20 Å². The van der Waals surface area contributed by atoms with Crippen LogP contribution in [0.4, 0.5) is 5.82 Å². The Kier molecular flexibility index (Phi) is 3.25. The second-order valence-corrected chi connectivity index (χ2v) is 10.2. The molecule has 0 saturated heterocycles. The van der Waals surface area contributed by atoms with Gasteiger partial charge < -0.3 is 10.2 Å². The van der Waals surface area contributed by atoms with E-state index in [9.17, 15) is 0 Å². The zero-order chi connectivity index (χ0) is 11.7. The van der Waals surface area contributed by atoms with Gasteiger partial charge in [-0.3, -0.25) is 5.10 Å². The number of aromatic amines is 1. The van der Waals surface area contributed by atoms with E-state index < -0.39 is 8.32 Å². The molecule has 1 aromatic heterocycles. The van der Waals surface area contributed by atoms with Gasteiger partial charge >= 0.3 is 0 Å². The summed E-state index contributed by atoms with van der Waals surface area (Å²) in [7, 11) is -1.68. The number of nitrogens with zero attached hydrogens (tertiary/aromatic N) is 1. The number of aromatic nitrogens is 2. The highest BCUT2D eigenvalue weighted by atomic mass is 28.4. The molecule has 1 aromatic rings. The monoisotopic (exact) mass is 227 g/mol. The molecule has 0 spiro atoms. The van der Waals surface area contributed by atoms with Gasteiger partial charge in [-0.05, 0) is 18.1 Å². The lowest BCUT2D eigenvalue weighted by atomic mass is 10.2. The zero-order valence-corrected chi connectivity index (χ0v) is 11.2. The highest BCUT2D eigenvalue weighted by molar-refractivity contribution is 6.74. The third-order valence-electron chi connectivity index (χ3n) is 3.15. The normalized spacial score (nSPS) is 13.1. The molecular formula is C10H21N3OSi. The van der Waals surface area contributed by atoms with Gasteiger partial charge in [-0.25, -0.2) is 0 Å². The van der Waals surface area contributed by atoms with E-state index in [1.165, 1.54) is 0 Å². The van der Waals surface area contributed by atoms with Crippen molar-refractivity contribution in [3.8, 4) is 0 Å². The van der Waals surface area contributed by atoms with Crippen molar-refractivity contribution in [3.05, 3.63) is 11.8 Å². The third kappa shape index (κ3) is 2.82. The number of H-pyrrole nitrogens is 1. The number of anilines is 1. The van der Waals surface area contributed by atoms with Crippen molar-refractivity contribution in [3.63, 3.8) is 0 Å². The van der Waals surface area contributed by atoms with Crippen LogP contribution in [0.25, 0.3) is 0 Å². The molecule has 0 amide bonds. The summed E-state index contributed by atoms with van der Waals surface area (Å²) in [6.07, 6.45) is 1.79. The SMILES string of the molecule is CC(C)(C)[Si](C)(C)OCc1c[nH]nc1N. The number of nitrogen functional groups attached to an aromatic ring is 1. The summed E-state index contributed by atoms with van der Waals surface area (Å²) in [6.45, 7) is 11.7. The standard InChI is InChI=1S/C10H21N3OSi/c1-10(2,3)15(4,5)14-7-8-6-12-13-9(8)11/h6H,7H2,1-5H3,(H3,11,12,13). The van der Waals surface area contributed by atoms with E-state index in [4.69, 9.17) is 10.2 Å². The summed E-state index contributed by atoms with van der Waals surface area (Å²) >= 11 is 0. The number of hydrogen-bond donors (Lipinski definition) is 2. The number of nitrogens with two attached hydrogens (primary N) is 1. The van der Waals surface area contributed by atoms with Crippen LogP contribution in [0.5, 0.6) is 0 Å². The zero-order valence-electron chi connectivity index (χ0n) is 10.2. The molecular weight excluding hydrogens is 206 g/mol. The van der Waals surface area contributed by atoms with Crippen molar-refractivity contribution in [2.45, 2.75) is 45.5 Å². The van der Waals surface area contributed by atoms with E-state index in [1.807, 2.05) is 0 Å². The summed E-state index contributed by atoms with van der Waals surface area (Å²) in [5, 5.41) is 6.83. The minimum Gasteiger partial charge on any atom is -0.412 e. The van der Waals surface area contributed by atoms with Crippen LogP contribution in [0.2, 0.25) is 18.1 Å². The fourth-order valence-electron chi connectivity index (χ4n) is 0.916. The molecule has 5 heteroatoms. The van der Waals surface area contributed by atoms with E-state index >= 15 is 0 Å². The maximum atomic E-state index is 6.02. The van der Waals surface area contributed by atoms with Gasteiger partial charge in [-0.15, -0.1) is 0 Å².